The van der Waals surface area contributed by atoms with Crippen LogP contribution in [0.3, 0.4) is 0 Å². The monoisotopic (exact) mass is 294 g/mol. The van der Waals surface area contributed by atoms with Crippen molar-refractivity contribution in [1.29, 1.82) is 0 Å². The molecular weight excluding hydrogens is 272 g/mol. The molecular formula is C15H22N2O4. The molecule has 1 fully saturated rings. The molecule has 0 heterocycles. The van der Waals surface area contributed by atoms with Gasteiger partial charge in [0, 0.05) is 25.1 Å². The zero-order valence-corrected chi connectivity index (χ0v) is 12.7. The molecule has 1 aromatic carbocycles. The maximum atomic E-state index is 11.2. The van der Waals surface area contributed by atoms with Gasteiger partial charge in [-0.25, -0.2) is 0 Å². The molecule has 1 aliphatic rings. The van der Waals surface area contributed by atoms with E-state index in [9.17, 15) is 10.1 Å². The fourth-order valence-electron chi connectivity index (χ4n) is 2.67. The van der Waals surface area contributed by atoms with Gasteiger partial charge in [0.05, 0.1) is 4.92 Å². The second-order valence-corrected chi connectivity index (χ2v) is 5.33. The van der Waals surface area contributed by atoms with Gasteiger partial charge >= 0.3 is 5.69 Å². The van der Waals surface area contributed by atoms with E-state index in [1.54, 1.807) is 32.2 Å². The molecule has 0 saturated heterocycles. The van der Waals surface area contributed by atoms with Crippen molar-refractivity contribution in [1.82, 2.24) is 5.32 Å². The van der Waals surface area contributed by atoms with Crippen molar-refractivity contribution < 1.29 is 14.4 Å². The zero-order chi connectivity index (χ0) is 15.4. The van der Waals surface area contributed by atoms with Gasteiger partial charge in [0.15, 0.2) is 5.75 Å². The number of benzene rings is 1. The van der Waals surface area contributed by atoms with E-state index >= 15 is 0 Å². The van der Waals surface area contributed by atoms with E-state index in [1.165, 1.54) is 0 Å². The molecule has 0 radical (unpaired) electrons. The number of methoxy groups -OCH3 is 1. The van der Waals surface area contributed by atoms with Gasteiger partial charge < -0.3 is 14.8 Å². The molecule has 3 unspecified atom stereocenters. The van der Waals surface area contributed by atoms with Crippen molar-refractivity contribution in [3.63, 3.8) is 0 Å². The van der Waals surface area contributed by atoms with Crippen LogP contribution < -0.4 is 10.1 Å². The molecule has 21 heavy (non-hydrogen) atoms. The van der Waals surface area contributed by atoms with E-state index in [2.05, 4.69) is 12.2 Å². The molecule has 2 rings (SSSR count). The normalized spacial score (nSPS) is 24.4. The van der Waals surface area contributed by atoms with Crippen molar-refractivity contribution in [2.75, 3.05) is 13.7 Å². The Hall–Kier alpha value is -1.66. The molecule has 1 saturated carbocycles. The van der Waals surface area contributed by atoms with E-state index in [-0.39, 0.29) is 23.9 Å². The van der Waals surface area contributed by atoms with E-state index in [1.807, 2.05) is 0 Å². The topological polar surface area (TPSA) is 73.6 Å². The highest BCUT2D eigenvalue weighted by Gasteiger charge is 2.43. The van der Waals surface area contributed by atoms with Gasteiger partial charge in [0.1, 0.15) is 12.2 Å². The molecule has 0 bridgehead atoms. The molecule has 1 aromatic rings. The van der Waals surface area contributed by atoms with Gasteiger partial charge in [-0.1, -0.05) is 19.1 Å². The molecule has 0 aromatic heterocycles. The smallest absolute Gasteiger partial charge is 0.313 e. The Morgan fingerprint density at radius 3 is 2.86 bits per heavy atom. The Kier molecular flexibility index (Phi) is 5.14. The summed E-state index contributed by atoms with van der Waals surface area (Å²) >= 11 is 0. The lowest BCUT2D eigenvalue weighted by atomic mass is 9.85. The Morgan fingerprint density at radius 2 is 2.24 bits per heavy atom. The first-order valence-electron chi connectivity index (χ1n) is 7.25. The predicted octanol–water partition coefficient (Wildman–Crippen LogP) is 2.44. The number of nitro groups is 1. The van der Waals surface area contributed by atoms with Gasteiger partial charge in [-0.2, -0.15) is 0 Å². The second kappa shape index (κ2) is 6.87. The minimum atomic E-state index is -0.391. The van der Waals surface area contributed by atoms with Crippen molar-refractivity contribution >= 4 is 5.69 Å². The quantitative estimate of drug-likeness (QED) is 0.617. The van der Waals surface area contributed by atoms with Crippen molar-refractivity contribution in [3.05, 3.63) is 33.9 Å². The summed E-state index contributed by atoms with van der Waals surface area (Å²) < 4.78 is 11.3. The number of aryl methyl sites for hydroxylation is 1. The SMILES string of the molecule is CCCNC1CC(Oc2cccc(C)c2[N+](=O)[O-])C1OC. The molecule has 116 valence electrons. The second-order valence-electron chi connectivity index (χ2n) is 5.33. The Balaban J connectivity index is 2.06. The van der Waals surface area contributed by atoms with Gasteiger partial charge in [-0.05, 0) is 26.0 Å². The van der Waals surface area contributed by atoms with E-state index in [0.29, 0.717) is 11.3 Å². The first-order chi connectivity index (χ1) is 10.1. The van der Waals surface area contributed by atoms with Crippen LogP contribution in [0.5, 0.6) is 5.75 Å². The number of hydrogen-bond acceptors (Lipinski definition) is 5. The van der Waals surface area contributed by atoms with E-state index in [4.69, 9.17) is 9.47 Å². The largest absolute Gasteiger partial charge is 0.481 e. The summed E-state index contributed by atoms with van der Waals surface area (Å²) in [4.78, 5) is 10.8. The molecule has 0 spiro atoms. The van der Waals surface area contributed by atoms with Crippen molar-refractivity contribution in [2.24, 2.45) is 0 Å². The van der Waals surface area contributed by atoms with Gasteiger partial charge in [0.25, 0.3) is 0 Å². The van der Waals surface area contributed by atoms with Crippen molar-refractivity contribution in [3.8, 4) is 5.75 Å². The highest BCUT2D eigenvalue weighted by molar-refractivity contribution is 5.52. The number of nitrogens with zero attached hydrogens (tertiary/aromatic N) is 1. The molecule has 6 heteroatoms. The first-order valence-corrected chi connectivity index (χ1v) is 7.25. The van der Waals surface area contributed by atoms with Crippen LogP contribution in [0, 0.1) is 17.0 Å². The lowest BCUT2D eigenvalue weighted by molar-refractivity contribution is -0.386. The third-order valence-corrected chi connectivity index (χ3v) is 3.84. The lowest BCUT2D eigenvalue weighted by Crippen LogP contribution is -2.61. The minimum absolute atomic E-state index is 0.0392. The third-order valence-electron chi connectivity index (χ3n) is 3.84. The third kappa shape index (κ3) is 3.33. The number of nitrogens with one attached hydrogen (secondary N) is 1. The molecule has 1 N–H and O–H groups in total. The predicted molar refractivity (Wildman–Crippen MR) is 79.7 cm³/mol. The molecule has 0 aliphatic heterocycles. The maximum Gasteiger partial charge on any atom is 0.313 e. The number of hydrogen-bond donors (Lipinski definition) is 1. The molecule has 6 nitrogen and oxygen atoms in total. The van der Waals surface area contributed by atoms with Crippen LogP contribution in [-0.4, -0.2) is 36.8 Å². The minimum Gasteiger partial charge on any atom is -0.481 e. The van der Waals surface area contributed by atoms with Crippen LogP contribution in [0.4, 0.5) is 5.69 Å². The summed E-state index contributed by atoms with van der Waals surface area (Å²) in [6, 6.07) is 5.38. The van der Waals surface area contributed by atoms with Gasteiger partial charge in [0.2, 0.25) is 0 Å². The highest BCUT2D eigenvalue weighted by Crippen LogP contribution is 2.35. The average molecular weight is 294 g/mol. The standard InChI is InChI=1S/C15H22N2O4/c1-4-8-16-11-9-13(15(11)20-3)21-12-7-5-6-10(2)14(12)17(18)19/h5-7,11,13,15-16H,4,8-9H2,1-3H3. The highest BCUT2D eigenvalue weighted by atomic mass is 16.6. The molecule has 3 atom stereocenters. The Labute approximate surface area is 124 Å². The number of nitro benzene ring substituents is 1. The number of ether oxygens (including phenoxy) is 2. The summed E-state index contributed by atoms with van der Waals surface area (Å²) in [6.45, 7) is 4.75. The van der Waals surface area contributed by atoms with Crippen LogP contribution >= 0.6 is 0 Å². The van der Waals surface area contributed by atoms with E-state index < -0.39 is 4.92 Å². The summed E-state index contributed by atoms with van der Waals surface area (Å²) in [5.74, 6) is 0.320. The van der Waals surface area contributed by atoms with Gasteiger partial charge in [-0.15, -0.1) is 0 Å². The molecule has 1 aliphatic carbocycles. The number of rotatable bonds is 7. The van der Waals surface area contributed by atoms with Crippen LogP contribution in [-0.2, 0) is 4.74 Å². The Bertz CT molecular complexity index is 506. The van der Waals surface area contributed by atoms with Crippen LogP contribution in [0.1, 0.15) is 25.3 Å². The van der Waals surface area contributed by atoms with Crippen LogP contribution in [0.25, 0.3) is 0 Å². The van der Waals surface area contributed by atoms with Crippen LogP contribution in [0.15, 0.2) is 18.2 Å². The fourth-order valence-corrected chi connectivity index (χ4v) is 2.67. The summed E-state index contributed by atoms with van der Waals surface area (Å²) in [6.07, 6.45) is 1.63. The summed E-state index contributed by atoms with van der Waals surface area (Å²) in [7, 11) is 1.64. The lowest BCUT2D eigenvalue weighted by Gasteiger charge is -2.43. The first kappa shape index (κ1) is 15.7. The van der Waals surface area contributed by atoms with Crippen molar-refractivity contribution in [2.45, 2.75) is 44.9 Å². The average Bonchev–Trinajstić information content (AvgIpc) is 2.42. The summed E-state index contributed by atoms with van der Waals surface area (Å²) in [5, 5.41) is 14.6. The maximum absolute atomic E-state index is 11.2. The van der Waals surface area contributed by atoms with E-state index in [0.717, 1.165) is 19.4 Å². The van der Waals surface area contributed by atoms with Gasteiger partial charge in [-0.3, -0.25) is 10.1 Å². The fraction of sp³-hybridized carbons (Fsp3) is 0.600. The Morgan fingerprint density at radius 1 is 1.48 bits per heavy atom. The molecule has 0 amide bonds. The number of para-hydroxylation sites is 1. The summed E-state index contributed by atoms with van der Waals surface area (Å²) in [5.41, 5.74) is 0.642. The zero-order valence-electron chi connectivity index (χ0n) is 12.7. The van der Waals surface area contributed by atoms with Crippen LogP contribution in [0.2, 0.25) is 0 Å².